The molecule has 3 N–H and O–H groups in total. The van der Waals surface area contributed by atoms with E-state index in [1.807, 2.05) is 6.07 Å². The number of hydrogen-bond acceptors (Lipinski definition) is 4. The summed E-state index contributed by atoms with van der Waals surface area (Å²) in [7, 11) is 0. The Bertz CT molecular complexity index is 1050. The summed E-state index contributed by atoms with van der Waals surface area (Å²) in [5.74, 6) is -1.03. The molecule has 1 aromatic carbocycles. The van der Waals surface area contributed by atoms with E-state index in [2.05, 4.69) is 15.3 Å². The predicted molar refractivity (Wildman–Crippen MR) is 108 cm³/mol. The smallest absolute Gasteiger partial charge is 0.412 e. The molecular formula is C21H21N3O4. The van der Waals surface area contributed by atoms with Crippen molar-refractivity contribution in [2.45, 2.75) is 26.4 Å². The number of H-pyrrole nitrogens is 1. The number of ether oxygens (including phenoxy) is 1. The van der Waals surface area contributed by atoms with Gasteiger partial charge in [-0.2, -0.15) is 0 Å². The van der Waals surface area contributed by atoms with Crippen LogP contribution in [0.4, 0.5) is 10.5 Å². The number of amides is 1. The number of hydrogen-bond donors (Lipinski definition) is 3. The summed E-state index contributed by atoms with van der Waals surface area (Å²) in [4.78, 5) is 31.0. The maximum atomic E-state index is 12.0. The molecule has 1 amide bonds. The Morgan fingerprint density at radius 1 is 1.21 bits per heavy atom. The largest absolute Gasteiger partial charge is 0.478 e. The summed E-state index contributed by atoms with van der Waals surface area (Å²) < 4.78 is 5.24. The van der Waals surface area contributed by atoms with Gasteiger partial charge >= 0.3 is 12.1 Å². The zero-order valence-electron chi connectivity index (χ0n) is 15.8. The van der Waals surface area contributed by atoms with Gasteiger partial charge in [0, 0.05) is 17.1 Å². The molecule has 2 aromatic heterocycles. The zero-order valence-corrected chi connectivity index (χ0v) is 15.8. The van der Waals surface area contributed by atoms with Crippen molar-refractivity contribution < 1.29 is 19.4 Å². The molecule has 0 saturated heterocycles. The predicted octanol–water partition coefficient (Wildman–Crippen LogP) is 4.54. The van der Waals surface area contributed by atoms with Gasteiger partial charge in [-0.15, -0.1) is 0 Å². The van der Waals surface area contributed by atoms with Crippen LogP contribution in [0, 0.1) is 0 Å². The van der Waals surface area contributed by atoms with Crippen LogP contribution >= 0.6 is 0 Å². The Morgan fingerprint density at radius 3 is 2.57 bits per heavy atom. The quantitative estimate of drug-likeness (QED) is 0.578. The fourth-order valence-electron chi connectivity index (χ4n) is 2.67. The lowest BCUT2D eigenvalue weighted by Crippen LogP contribution is -2.27. The molecule has 3 rings (SSSR count). The molecule has 0 aliphatic heterocycles. The monoisotopic (exact) mass is 379 g/mol. The third-order valence-corrected chi connectivity index (χ3v) is 3.82. The molecule has 144 valence electrons. The van der Waals surface area contributed by atoms with Gasteiger partial charge in [-0.3, -0.25) is 5.32 Å². The van der Waals surface area contributed by atoms with Crippen molar-refractivity contribution in [3.05, 3.63) is 59.9 Å². The molecule has 0 spiro atoms. The molecule has 0 radical (unpaired) electrons. The van der Waals surface area contributed by atoms with Crippen molar-refractivity contribution in [1.29, 1.82) is 0 Å². The average molecular weight is 379 g/mol. The first kappa shape index (κ1) is 19.2. The van der Waals surface area contributed by atoms with Crippen LogP contribution in [0.3, 0.4) is 0 Å². The van der Waals surface area contributed by atoms with Gasteiger partial charge in [-0.05, 0) is 38.5 Å². The molecule has 7 heteroatoms. The molecule has 0 fully saturated rings. The maximum Gasteiger partial charge on any atom is 0.412 e. The average Bonchev–Trinajstić information content (AvgIpc) is 3.00. The lowest BCUT2D eigenvalue weighted by atomic mass is 10.0. The van der Waals surface area contributed by atoms with Crippen molar-refractivity contribution in [2.24, 2.45) is 0 Å². The van der Waals surface area contributed by atoms with E-state index in [-0.39, 0.29) is 5.57 Å². The van der Waals surface area contributed by atoms with Crippen LogP contribution in [-0.2, 0) is 9.53 Å². The first-order chi connectivity index (χ1) is 13.2. The van der Waals surface area contributed by atoms with Crippen LogP contribution in [0.15, 0.2) is 48.8 Å². The highest BCUT2D eigenvalue weighted by molar-refractivity contribution is 6.21. The second-order valence-corrected chi connectivity index (χ2v) is 7.22. The number of nitrogens with one attached hydrogen (secondary N) is 2. The van der Waals surface area contributed by atoms with Gasteiger partial charge in [0.2, 0.25) is 0 Å². The van der Waals surface area contributed by atoms with Gasteiger partial charge in [0.25, 0.3) is 0 Å². The van der Waals surface area contributed by atoms with Crippen LogP contribution in [0.2, 0.25) is 0 Å². The lowest BCUT2D eigenvalue weighted by molar-refractivity contribution is -0.130. The van der Waals surface area contributed by atoms with E-state index in [4.69, 9.17) is 4.74 Å². The number of nitrogens with zero attached hydrogens (tertiary/aromatic N) is 1. The standard InChI is InChI=1S/C21H21N3O4/c1-21(2,3)28-20(27)24-15-10-16-14(11-22-18(16)23-12-15)9-17(19(25)26)13-7-5-4-6-8-13/h4-12H,1-3H3,(H,22,23)(H,24,27)(H,25,26)/b17-9+. The molecule has 0 unspecified atom stereocenters. The Kier molecular flexibility index (Phi) is 5.17. The lowest BCUT2D eigenvalue weighted by Gasteiger charge is -2.19. The number of aliphatic carboxylic acids is 1. The topological polar surface area (TPSA) is 104 Å². The van der Waals surface area contributed by atoms with Crippen molar-refractivity contribution >= 4 is 40.4 Å². The minimum Gasteiger partial charge on any atom is -0.478 e. The van der Waals surface area contributed by atoms with E-state index in [1.165, 1.54) is 6.20 Å². The van der Waals surface area contributed by atoms with E-state index >= 15 is 0 Å². The second-order valence-electron chi connectivity index (χ2n) is 7.22. The van der Waals surface area contributed by atoms with Crippen molar-refractivity contribution in [3.63, 3.8) is 0 Å². The highest BCUT2D eigenvalue weighted by atomic mass is 16.6. The first-order valence-electron chi connectivity index (χ1n) is 8.70. The molecule has 0 bridgehead atoms. The van der Waals surface area contributed by atoms with Gasteiger partial charge in [0.15, 0.2) is 0 Å². The van der Waals surface area contributed by atoms with Gasteiger partial charge in [-0.25, -0.2) is 14.6 Å². The Hall–Kier alpha value is -3.61. The Labute approximate surface area is 162 Å². The van der Waals surface area contributed by atoms with Crippen LogP contribution in [0.25, 0.3) is 22.7 Å². The van der Waals surface area contributed by atoms with Crippen LogP contribution < -0.4 is 5.32 Å². The summed E-state index contributed by atoms with van der Waals surface area (Å²) in [5, 5.41) is 12.9. The number of carboxylic acid groups (broad SMARTS) is 1. The number of pyridine rings is 1. The minimum absolute atomic E-state index is 0.159. The zero-order chi connectivity index (χ0) is 20.3. The van der Waals surface area contributed by atoms with Crippen molar-refractivity contribution in [2.75, 3.05) is 5.32 Å². The van der Waals surface area contributed by atoms with E-state index in [1.54, 1.807) is 63.4 Å². The number of rotatable bonds is 4. The fourth-order valence-corrected chi connectivity index (χ4v) is 2.67. The summed E-state index contributed by atoms with van der Waals surface area (Å²) >= 11 is 0. The first-order valence-corrected chi connectivity index (χ1v) is 8.70. The van der Waals surface area contributed by atoms with Crippen LogP contribution in [0.1, 0.15) is 31.9 Å². The SMILES string of the molecule is CC(C)(C)OC(=O)Nc1cnc2[nH]cc(/C=C(/C(=O)O)c3ccccc3)c2c1. The highest BCUT2D eigenvalue weighted by Crippen LogP contribution is 2.25. The van der Waals surface area contributed by atoms with Gasteiger partial charge in [0.05, 0.1) is 17.5 Å². The number of aromatic amines is 1. The van der Waals surface area contributed by atoms with Gasteiger partial charge < -0.3 is 14.8 Å². The number of anilines is 1. The molecule has 28 heavy (non-hydrogen) atoms. The highest BCUT2D eigenvalue weighted by Gasteiger charge is 2.17. The number of carbonyl (C=O) groups is 2. The number of carboxylic acids is 1. The number of fused-ring (bicyclic) bond motifs is 1. The molecule has 3 aromatic rings. The summed E-state index contributed by atoms with van der Waals surface area (Å²) in [6.45, 7) is 5.33. The normalized spacial score (nSPS) is 12.0. The van der Waals surface area contributed by atoms with E-state index in [0.717, 1.165) is 0 Å². The number of carbonyl (C=O) groups excluding carboxylic acids is 1. The van der Waals surface area contributed by atoms with Crippen LogP contribution in [0.5, 0.6) is 0 Å². The summed E-state index contributed by atoms with van der Waals surface area (Å²) in [5.41, 5.74) is 1.82. The third kappa shape index (κ3) is 4.56. The van der Waals surface area contributed by atoms with E-state index < -0.39 is 17.7 Å². The van der Waals surface area contributed by atoms with E-state index in [0.29, 0.717) is 27.8 Å². The molecule has 0 saturated carbocycles. The molecule has 7 nitrogen and oxygen atoms in total. The Morgan fingerprint density at radius 2 is 1.93 bits per heavy atom. The fraction of sp³-hybridized carbons (Fsp3) is 0.190. The van der Waals surface area contributed by atoms with Gasteiger partial charge in [0.1, 0.15) is 11.2 Å². The molecule has 0 atom stereocenters. The number of benzene rings is 1. The van der Waals surface area contributed by atoms with Gasteiger partial charge in [-0.1, -0.05) is 30.3 Å². The maximum absolute atomic E-state index is 12.0. The molecular weight excluding hydrogens is 358 g/mol. The Balaban J connectivity index is 1.96. The molecule has 0 aliphatic carbocycles. The summed E-state index contributed by atoms with van der Waals surface area (Å²) in [6, 6.07) is 10.6. The van der Waals surface area contributed by atoms with Crippen molar-refractivity contribution in [3.8, 4) is 0 Å². The van der Waals surface area contributed by atoms with Crippen molar-refractivity contribution in [1.82, 2.24) is 9.97 Å². The summed E-state index contributed by atoms with van der Waals surface area (Å²) in [6.07, 6.45) is 4.18. The van der Waals surface area contributed by atoms with Crippen LogP contribution in [-0.4, -0.2) is 32.7 Å². The van der Waals surface area contributed by atoms with E-state index in [9.17, 15) is 14.7 Å². The minimum atomic E-state index is -1.03. The second kappa shape index (κ2) is 7.56. The third-order valence-electron chi connectivity index (χ3n) is 3.82. The molecule has 0 aliphatic rings. The molecule has 2 heterocycles. The number of aromatic nitrogens is 2.